The number of quaternary nitrogens is 1. The number of hydrogen-bond acceptors (Lipinski definition) is 1. The predicted molar refractivity (Wildman–Crippen MR) is 32.9 cm³/mol. The molecule has 0 spiro atoms. The minimum absolute atomic E-state index is 0. The van der Waals surface area contributed by atoms with Crippen LogP contribution in [-0.4, -0.2) is 18.6 Å². The number of halogens is 1. The molecule has 0 saturated carbocycles. The Hall–Kier alpha value is -0.0300. The molecule has 1 heterocycles. The van der Waals surface area contributed by atoms with Crippen LogP contribution in [0.15, 0.2) is 25.2 Å². The molecule has 0 aromatic rings. The topological polar surface area (TPSA) is 7.68 Å². The summed E-state index contributed by atoms with van der Waals surface area (Å²) in [5, 5.41) is 0. The monoisotopic (exact) mass is 238 g/mol. The Labute approximate surface area is 72.8 Å². The largest absolute Gasteiger partial charge is 1.00 e. The number of nitrogens with one attached hydrogen (secondary N) is 1. The summed E-state index contributed by atoms with van der Waals surface area (Å²) in [6.07, 6.45) is 6.02. The zero-order valence-electron chi connectivity index (χ0n) is 5.47. The molecule has 0 fully saturated rings. The van der Waals surface area contributed by atoms with Gasteiger partial charge in [0.2, 0.25) is 0 Å². The summed E-state index contributed by atoms with van der Waals surface area (Å²) in [5.74, 6) is 0. The number of rotatable bonds is 1. The van der Waals surface area contributed by atoms with E-state index in [0.717, 1.165) is 6.67 Å². The molecule has 1 aliphatic heterocycles. The van der Waals surface area contributed by atoms with Crippen LogP contribution in [0.1, 0.15) is 0 Å². The summed E-state index contributed by atoms with van der Waals surface area (Å²) >= 11 is 0. The SMILES string of the molecule is C=C[NH+]1C=CN(C)C1.[I-]. The van der Waals surface area contributed by atoms with Crippen LogP contribution in [0.4, 0.5) is 0 Å². The van der Waals surface area contributed by atoms with Crippen molar-refractivity contribution in [3.05, 3.63) is 25.2 Å². The van der Waals surface area contributed by atoms with E-state index in [1.165, 1.54) is 4.90 Å². The van der Waals surface area contributed by atoms with Gasteiger partial charge in [0, 0.05) is 7.05 Å². The van der Waals surface area contributed by atoms with E-state index in [1.54, 1.807) is 0 Å². The van der Waals surface area contributed by atoms with Gasteiger partial charge in [-0.3, -0.25) is 4.90 Å². The number of nitrogens with zero attached hydrogens (tertiary/aromatic N) is 1. The van der Waals surface area contributed by atoms with Crippen molar-refractivity contribution < 1.29 is 28.9 Å². The van der Waals surface area contributed by atoms with Gasteiger partial charge in [0.1, 0.15) is 6.20 Å². The van der Waals surface area contributed by atoms with Crippen LogP contribution in [0.25, 0.3) is 0 Å². The van der Waals surface area contributed by atoms with Gasteiger partial charge in [0.25, 0.3) is 0 Å². The maximum atomic E-state index is 3.66. The highest BCUT2D eigenvalue weighted by atomic mass is 127. The highest BCUT2D eigenvalue weighted by Crippen LogP contribution is 1.81. The third-order valence-electron chi connectivity index (χ3n) is 1.24. The van der Waals surface area contributed by atoms with Crippen molar-refractivity contribution in [3.63, 3.8) is 0 Å². The van der Waals surface area contributed by atoms with Gasteiger partial charge in [0.15, 0.2) is 6.67 Å². The zero-order chi connectivity index (χ0) is 5.98. The van der Waals surface area contributed by atoms with Crippen molar-refractivity contribution in [1.29, 1.82) is 0 Å². The summed E-state index contributed by atoms with van der Waals surface area (Å²) in [6.45, 7) is 4.68. The van der Waals surface area contributed by atoms with E-state index in [-0.39, 0.29) is 24.0 Å². The molecule has 1 atom stereocenters. The van der Waals surface area contributed by atoms with Gasteiger partial charge < -0.3 is 28.9 Å². The Kier molecular flexibility index (Phi) is 3.88. The molecule has 0 aliphatic carbocycles. The molecule has 3 heteroatoms. The van der Waals surface area contributed by atoms with Gasteiger partial charge >= 0.3 is 0 Å². The molecule has 52 valence electrons. The van der Waals surface area contributed by atoms with Crippen LogP contribution in [0, 0.1) is 0 Å². The quantitative estimate of drug-likeness (QED) is 0.464. The van der Waals surface area contributed by atoms with Crippen molar-refractivity contribution in [2.75, 3.05) is 13.7 Å². The van der Waals surface area contributed by atoms with E-state index in [2.05, 4.69) is 23.9 Å². The van der Waals surface area contributed by atoms with Crippen LogP contribution in [0.3, 0.4) is 0 Å². The minimum Gasteiger partial charge on any atom is -1.00 e. The fourth-order valence-electron chi connectivity index (χ4n) is 0.749. The Balaban J connectivity index is 0.000000640. The average Bonchev–Trinajstić information content (AvgIpc) is 2.14. The van der Waals surface area contributed by atoms with Crippen LogP contribution in [-0.2, 0) is 0 Å². The molecule has 9 heavy (non-hydrogen) atoms. The van der Waals surface area contributed by atoms with Gasteiger partial charge in [0.05, 0.1) is 12.4 Å². The van der Waals surface area contributed by atoms with Crippen molar-refractivity contribution >= 4 is 0 Å². The van der Waals surface area contributed by atoms with E-state index in [1.807, 2.05) is 13.2 Å². The van der Waals surface area contributed by atoms with Gasteiger partial charge in [-0.15, -0.1) is 0 Å². The van der Waals surface area contributed by atoms with Crippen molar-refractivity contribution in [2.24, 2.45) is 0 Å². The Bertz CT molecular complexity index is 122. The lowest BCUT2D eigenvalue weighted by atomic mass is 10.8. The molecule has 0 radical (unpaired) electrons. The molecule has 2 nitrogen and oxygen atoms in total. The van der Waals surface area contributed by atoms with E-state index < -0.39 is 0 Å². The number of hydrogen-bond donors (Lipinski definition) is 1. The van der Waals surface area contributed by atoms with Crippen molar-refractivity contribution in [3.8, 4) is 0 Å². The summed E-state index contributed by atoms with van der Waals surface area (Å²) < 4.78 is 0. The predicted octanol–water partition coefficient (Wildman–Crippen LogP) is -3.61. The van der Waals surface area contributed by atoms with Crippen molar-refractivity contribution in [1.82, 2.24) is 4.90 Å². The average molecular weight is 238 g/mol. The van der Waals surface area contributed by atoms with Crippen LogP contribution in [0.5, 0.6) is 0 Å². The van der Waals surface area contributed by atoms with Gasteiger partial charge in [-0.05, 0) is 6.58 Å². The molecule has 1 aliphatic rings. The lowest BCUT2D eigenvalue weighted by molar-refractivity contribution is -0.791. The maximum absolute atomic E-state index is 3.66. The molecule has 1 rings (SSSR count). The third kappa shape index (κ3) is 2.36. The molecule has 0 bridgehead atoms. The first-order valence-electron chi connectivity index (χ1n) is 2.69. The lowest BCUT2D eigenvalue weighted by Crippen LogP contribution is -3.02. The Morgan fingerprint density at radius 2 is 2.44 bits per heavy atom. The molecule has 0 aromatic carbocycles. The normalized spacial score (nSPS) is 23.7. The third-order valence-corrected chi connectivity index (χ3v) is 1.24. The summed E-state index contributed by atoms with van der Waals surface area (Å²) in [6, 6.07) is 0. The zero-order valence-corrected chi connectivity index (χ0v) is 7.63. The highest BCUT2D eigenvalue weighted by Gasteiger charge is 2.07. The molecule has 1 unspecified atom stereocenters. The second kappa shape index (κ2) is 3.90. The van der Waals surface area contributed by atoms with E-state index >= 15 is 0 Å². The van der Waals surface area contributed by atoms with Gasteiger partial charge in [-0.25, -0.2) is 0 Å². The van der Waals surface area contributed by atoms with E-state index in [0.29, 0.717) is 0 Å². The maximum Gasteiger partial charge on any atom is 0.160 e. The molecular weight excluding hydrogens is 227 g/mol. The second-order valence-corrected chi connectivity index (χ2v) is 2.01. The highest BCUT2D eigenvalue weighted by molar-refractivity contribution is 4.76. The van der Waals surface area contributed by atoms with Crippen LogP contribution in [0.2, 0.25) is 0 Å². The molecular formula is C6H11IN2. The summed E-state index contributed by atoms with van der Waals surface area (Å²) in [4.78, 5) is 3.42. The van der Waals surface area contributed by atoms with E-state index in [9.17, 15) is 0 Å². The fourth-order valence-corrected chi connectivity index (χ4v) is 0.749. The smallest absolute Gasteiger partial charge is 0.160 e. The summed E-state index contributed by atoms with van der Waals surface area (Å²) in [5.41, 5.74) is 0. The first kappa shape index (κ1) is 8.97. The minimum atomic E-state index is 0. The van der Waals surface area contributed by atoms with Gasteiger partial charge in [-0.1, -0.05) is 0 Å². The van der Waals surface area contributed by atoms with E-state index in [4.69, 9.17) is 0 Å². The molecule has 0 amide bonds. The van der Waals surface area contributed by atoms with Crippen LogP contribution < -0.4 is 28.9 Å². The fraction of sp³-hybridized carbons (Fsp3) is 0.333. The lowest BCUT2D eigenvalue weighted by Gasteiger charge is -2.05. The van der Waals surface area contributed by atoms with Crippen molar-refractivity contribution in [2.45, 2.75) is 0 Å². The molecule has 1 N–H and O–H groups in total. The van der Waals surface area contributed by atoms with Crippen LogP contribution >= 0.6 is 0 Å². The van der Waals surface area contributed by atoms with Gasteiger partial charge in [-0.2, -0.15) is 0 Å². The molecule has 0 aromatic heterocycles. The standard InChI is InChI=1S/C6H10N2.HI/c1-3-8-5-4-7(2)6-8;/h3-5H,1,6H2,2H3;1H. The Morgan fingerprint density at radius 3 is 2.67 bits per heavy atom. The summed E-state index contributed by atoms with van der Waals surface area (Å²) in [7, 11) is 2.05. The Morgan fingerprint density at radius 1 is 1.78 bits per heavy atom. The molecule has 0 saturated heterocycles. The first-order chi connectivity index (χ1) is 3.83. The second-order valence-electron chi connectivity index (χ2n) is 2.01. The first-order valence-corrected chi connectivity index (χ1v) is 2.69.